The van der Waals surface area contributed by atoms with Crippen LogP contribution in [0.1, 0.15) is 46.2 Å². The van der Waals surface area contributed by atoms with Gasteiger partial charge >= 0.3 is 0 Å². The van der Waals surface area contributed by atoms with E-state index in [4.69, 9.17) is 4.42 Å². The third-order valence-corrected chi connectivity index (χ3v) is 5.10. The Labute approximate surface area is 140 Å². The summed E-state index contributed by atoms with van der Waals surface area (Å²) < 4.78 is 5.09. The normalized spacial score (nSPS) is 17.3. The van der Waals surface area contributed by atoms with Gasteiger partial charge in [-0.25, -0.2) is 4.98 Å². The number of carbonyl (C=O) groups excluding carboxylic acids is 1. The highest BCUT2D eigenvalue weighted by Crippen LogP contribution is 2.27. The second-order valence-corrected chi connectivity index (χ2v) is 7.53. The molecular weight excluding hydrogens is 310 g/mol. The smallest absolute Gasteiger partial charge is 0.280 e. The van der Waals surface area contributed by atoms with Gasteiger partial charge in [-0.05, 0) is 31.2 Å². The molecule has 0 aromatic carbocycles. The van der Waals surface area contributed by atoms with E-state index >= 15 is 0 Å². The van der Waals surface area contributed by atoms with E-state index in [9.17, 15) is 4.79 Å². The summed E-state index contributed by atoms with van der Waals surface area (Å²) in [5, 5.41) is 7.11. The Morgan fingerprint density at radius 2 is 2.39 bits per heavy atom. The summed E-state index contributed by atoms with van der Waals surface area (Å²) >= 11 is 1.54. The number of hydrogen-bond acceptors (Lipinski definition) is 5. The quantitative estimate of drug-likeness (QED) is 0.853. The molecule has 2 aromatic heterocycles. The van der Waals surface area contributed by atoms with Gasteiger partial charge in [0.25, 0.3) is 5.91 Å². The number of rotatable bonds is 6. The Bertz CT molecular complexity index is 649. The molecule has 0 fully saturated rings. The number of nitrogens with one attached hydrogen (secondary N) is 2. The van der Waals surface area contributed by atoms with Gasteiger partial charge in [-0.2, -0.15) is 0 Å². The van der Waals surface area contributed by atoms with Gasteiger partial charge in [0.2, 0.25) is 0 Å². The van der Waals surface area contributed by atoms with Crippen molar-refractivity contribution in [2.75, 3.05) is 6.54 Å². The molecule has 1 atom stereocenters. The molecule has 0 spiro atoms. The minimum absolute atomic E-state index is 0.0407. The highest BCUT2D eigenvalue weighted by molar-refractivity contribution is 7.13. The van der Waals surface area contributed by atoms with Gasteiger partial charge in [-0.1, -0.05) is 13.8 Å². The Morgan fingerprint density at radius 1 is 1.52 bits per heavy atom. The van der Waals surface area contributed by atoms with E-state index in [2.05, 4.69) is 29.5 Å². The van der Waals surface area contributed by atoms with E-state index in [0.717, 1.165) is 37.1 Å². The van der Waals surface area contributed by atoms with E-state index in [1.54, 1.807) is 23.9 Å². The molecule has 6 heteroatoms. The van der Waals surface area contributed by atoms with Crippen LogP contribution < -0.4 is 10.6 Å². The molecule has 3 rings (SSSR count). The van der Waals surface area contributed by atoms with Gasteiger partial charge in [0, 0.05) is 29.6 Å². The number of carbonyl (C=O) groups is 1. The number of furan rings is 1. The lowest BCUT2D eigenvalue weighted by molar-refractivity contribution is 0.0948. The summed E-state index contributed by atoms with van der Waals surface area (Å²) in [7, 11) is 0. The van der Waals surface area contributed by atoms with Crippen molar-refractivity contribution in [3.8, 4) is 0 Å². The third-order valence-electron chi connectivity index (χ3n) is 3.98. The van der Waals surface area contributed by atoms with Crippen LogP contribution >= 0.6 is 11.3 Å². The van der Waals surface area contributed by atoms with Crippen LogP contribution in [0.4, 0.5) is 0 Å². The lowest BCUT2D eigenvalue weighted by Crippen LogP contribution is -2.33. The lowest BCUT2D eigenvalue weighted by atomic mass is 9.97. The van der Waals surface area contributed by atoms with Crippen molar-refractivity contribution >= 4 is 17.2 Å². The predicted molar refractivity (Wildman–Crippen MR) is 90.6 cm³/mol. The molecule has 0 saturated carbocycles. The summed E-state index contributed by atoms with van der Waals surface area (Å²) in [5.74, 6) is 0.408. The van der Waals surface area contributed by atoms with Crippen LogP contribution in [0.25, 0.3) is 0 Å². The minimum atomic E-state index is -0.0407. The van der Waals surface area contributed by atoms with Crippen molar-refractivity contribution in [1.29, 1.82) is 0 Å². The largest absolute Gasteiger partial charge is 0.472 e. The topological polar surface area (TPSA) is 67.2 Å². The van der Waals surface area contributed by atoms with Gasteiger partial charge in [0.05, 0.1) is 18.2 Å². The van der Waals surface area contributed by atoms with Crippen LogP contribution in [0.3, 0.4) is 0 Å². The van der Waals surface area contributed by atoms with Gasteiger partial charge in [-0.15, -0.1) is 11.3 Å². The molecule has 124 valence electrons. The molecule has 0 bridgehead atoms. The molecular formula is C17H23N3O2S. The molecule has 2 N–H and O–H groups in total. The number of nitrogens with zero attached hydrogens (tertiary/aromatic N) is 1. The average molecular weight is 333 g/mol. The summed E-state index contributed by atoms with van der Waals surface area (Å²) in [6.45, 7) is 5.68. The Hall–Kier alpha value is -1.66. The van der Waals surface area contributed by atoms with E-state index in [0.29, 0.717) is 23.5 Å². The zero-order chi connectivity index (χ0) is 16.2. The Balaban J connectivity index is 1.57. The first-order chi connectivity index (χ1) is 11.1. The molecule has 0 radical (unpaired) electrons. The van der Waals surface area contributed by atoms with Crippen molar-refractivity contribution in [3.05, 3.63) is 39.7 Å². The fourth-order valence-electron chi connectivity index (χ4n) is 2.67. The zero-order valence-corrected chi connectivity index (χ0v) is 14.4. The number of aromatic nitrogens is 1. The van der Waals surface area contributed by atoms with Crippen LogP contribution in [-0.2, 0) is 19.4 Å². The van der Waals surface area contributed by atoms with Gasteiger partial charge in [-0.3, -0.25) is 4.79 Å². The summed E-state index contributed by atoms with van der Waals surface area (Å²) in [6.07, 6.45) is 6.41. The molecule has 1 amide bonds. The number of hydrogen-bond donors (Lipinski definition) is 2. The highest BCUT2D eigenvalue weighted by Gasteiger charge is 2.24. The maximum absolute atomic E-state index is 12.1. The molecule has 1 aliphatic rings. The van der Waals surface area contributed by atoms with Crippen LogP contribution in [-0.4, -0.2) is 23.5 Å². The second-order valence-electron chi connectivity index (χ2n) is 6.44. The van der Waals surface area contributed by atoms with Crippen molar-refractivity contribution in [1.82, 2.24) is 15.6 Å². The maximum Gasteiger partial charge on any atom is 0.280 e. The summed E-state index contributed by atoms with van der Waals surface area (Å²) in [6, 6.07) is 2.41. The van der Waals surface area contributed by atoms with Crippen LogP contribution in [0, 0.1) is 5.92 Å². The van der Waals surface area contributed by atoms with Crippen LogP contribution in [0.5, 0.6) is 0 Å². The van der Waals surface area contributed by atoms with Gasteiger partial charge in [0.15, 0.2) is 5.01 Å². The summed E-state index contributed by atoms with van der Waals surface area (Å²) in [4.78, 5) is 17.9. The van der Waals surface area contributed by atoms with Gasteiger partial charge in [0.1, 0.15) is 0 Å². The monoisotopic (exact) mass is 333 g/mol. The van der Waals surface area contributed by atoms with E-state index in [-0.39, 0.29) is 5.91 Å². The number of aryl methyl sites for hydroxylation is 1. The van der Waals surface area contributed by atoms with E-state index in [1.165, 1.54) is 4.88 Å². The standard InChI is InChI=1S/C17H23N3O2S/c1-11(2)8-19-16(21)17-20-14-4-3-13(7-15(14)23-17)18-9-12-5-6-22-10-12/h5-6,10-11,13,18H,3-4,7-9H2,1-2H3,(H,19,21)/t13-/m0/s1. The van der Waals surface area contributed by atoms with E-state index in [1.807, 2.05) is 6.07 Å². The summed E-state index contributed by atoms with van der Waals surface area (Å²) in [5.41, 5.74) is 2.26. The van der Waals surface area contributed by atoms with Crippen LogP contribution in [0.15, 0.2) is 23.0 Å². The van der Waals surface area contributed by atoms with Crippen molar-refractivity contribution < 1.29 is 9.21 Å². The number of thiazole rings is 1. The lowest BCUT2D eigenvalue weighted by Gasteiger charge is -2.22. The maximum atomic E-state index is 12.1. The SMILES string of the molecule is CC(C)CNC(=O)c1nc2c(s1)C[C@@H](NCc1ccoc1)CC2. The molecule has 1 aliphatic carbocycles. The Kier molecular flexibility index (Phi) is 5.13. The molecule has 2 aromatic rings. The first kappa shape index (κ1) is 16.2. The average Bonchev–Trinajstić information content (AvgIpc) is 3.19. The minimum Gasteiger partial charge on any atom is -0.472 e. The van der Waals surface area contributed by atoms with Crippen molar-refractivity contribution in [3.63, 3.8) is 0 Å². The number of fused-ring (bicyclic) bond motifs is 1. The first-order valence-corrected chi connectivity index (χ1v) is 8.94. The number of amides is 1. The second kappa shape index (κ2) is 7.27. The first-order valence-electron chi connectivity index (χ1n) is 8.13. The molecule has 5 nitrogen and oxygen atoms in total. The fourth-order valence-corrected chi connectivity index (χ4v) is 3.78. The Morgan fingerprint density at radius 3 is 3.13 bits per heavy atom. The third kappa shape index (κ3) is 4.20. The van der Waals surface area contributed by atoms with Crippen molar-refractivity contribution in [2.24, 2.45) is 5.92 Å². The molecule has 0 aliphatic heterocycles. The molecule has 0 unspecified atom stereocenters. The van der Waals surface area contributed by atoms with Crippen LogP contribution in [0.2, 0.25) is 0 Å². The fraction of sp³-hybridized carbons (Fsp3) is 0.529. The molecule has 2 heterocycles. The molecule has 23 heavy (non-hydrogen) atoms. The van der Waals surface area contributed by atoms with Crippen molar-refractivity contribution in [2.45, 2.75) is 45.7 Å². The zero-order valence-electron chi connectivity index (χ0n) is 13.6. The predicted octanol–water partition coefficient (Wildman–Crippen LogP) is 2.77. The molecule has 0 saturated heterocycles. The highest BCUT2D eigenvalue weighted by atomic mass is 32.1. The van der Waals surface area contributed by atoms with Gasteiger partial charge < -0.3 is 15.1 Å². The van der Waals surface area contributed by atoms with E-state index < -0.39 is 0 Å².